The van der Waals surface area contributed by atoms with Gasteiger partial charge in [-0.3, -0.25) is 0 Å². The molecule has 1 heteroatoms. The lowest BCUT2D eigenvalue weighted by atomic mass is 9.77. The average Bonchev–Trinajstić information content (AvgIpc) is 2.68. The van der Waals surface area contributed by atoms with Crippen LogP contribution in [0.15, 0.2) is 30.4 Å². The fourth-order valence-electron chi connectivity index (χ4n) is 4.28. The van der Waals surface area contributed by atoms with Crippen molar-refractivity contribution in [1.82, 2.24) is 4.98 Å². The largest absolute Gasteiger partial charge is 0.358 e. The van der Waals surface area contributed by atoms with E-state index in [2.05, 4.69) is 49.2 Å². The Morgan fingerprint density at radius 3 is 3.00 bits per heavy atom. The van der Waals surface area contributed by atoms with Gasteiger partial charge in [-0.2, -0.15) is 0 Å². The molecule has 20 heavy (non-hydrogen) atoms. The summed E-state index contributed by atoms with van der Waals surface area (Å²) >= 11 is 0. The molecule has 3 atom stereocenters. The summed E-state index contributed by atoms with van der Waals surface area (Å²) < 4.78 is 0. The van der Waals surface area contributed by atoms with Crippen molar-refractivity contribution in [3.8, 4) is 0 Å². The Labute approximate surface area is 121 Å². The molecule has 2 aliphatic carbocycles. The Hall–Kier alpha value is -1.50. The lowest BCUT2D eigenvalue weighted by molar-refractivity contribution is 0.353. The molecule has 1 N–H and O–H groups in total. The van der Waals surface area contributed by atoms with E-state index in [0.29, 0.717) is 5.92 Å². The van der Waals surface area contributed by atoms with Crippen LogP contribution >= 0.6 is 0 Å². The van der Waals surface area contributed by atoms with Gasteiger partial charge >= 0.3 is 0 Å². The lowest BCUT2D eigenvalue weighted by Gasteiger charge is -2.29. The summed E-state index contributed by atoms with van der Waals surface area (Å²) in [7, 11) is 0. The van der Waals surface area contributed by atoms with Crippen LogP contribution in [-0.4, -0.2) is 4.98 Å². The zero-order valence-electron chi connectivity index (χ0n) is 12.4. The Kier molecular flexibility index (Phi) is 2.76. The first-order valence-corrected chi connectivity index (χ1v) is 8.02. The Morgan fingerprint density at radius 1 is 1.20 bits per heavy atom. The van der Waals surface area contributed by atoms with E-state index in [9.17, 15) is 0 Å². The molecule has 1 aromatic heterocycles. The molecular weight excluding hydrogens is 242 g/mol. The summed E-state index contributed by atoms with van der Waals surface area (Å²) in [5.41, 5.74) is 5.80. The number of allylic oxidation sites excluding steroid dienone is 2. The minimum absolute atomic E-state index is 0.622. The second-order valence-corrected chi connectivity index (χ2v) is 6.84. The molecule has 0 bridgehead atoms. The van der Waals surface area contributed by atoms with Crippen molar-refractivity contribution in [3.63, 3.8) is 0 Å². The second-order valence-electron chi connectivity index (χ2n) is 6.84. The van der Waals surface area contributed by atoms with Crippen molar-refractivity contribution in [2.75, 3.05) is 0 Å². The van der Waals surface area contributed by atoms with Crippen molar-refractivity contribution < 1.29 is 0 Å². The summed E-state index contributed by atoms with van der Waals surface area (Å²) in [6.07, 6.45) is 10.2. The molecule has 2 aliphatic rings. The van der Waals surface area contributed by atoms with E-state index in [1.54, 1.807) is 5.56 Å². The first kappa shape index (κ1) is 12.3. The van der Waals surface area contributed by atoms with Gasteiger partial charge in [0.05, 0.1) is 0 Å². The summed E-state index contributed by atoms with van der Waals surface area (Å²) in [4.78, 5) is 3.75. The third kappa shape index (κ3) is 1.83. The molecule has 1 heterocycles. The van der Waals surface area contributed by atoms with E-state index in [4.69, 9.17) is 0 Å². The van der Waals surface area contributed by atoms with Gasteiger partial charge in [-0.25, -0.2) is 0 Å². The highest BCUT2D eigenvalue weighted by Crippen LogP contribution is 2.44. The number of H-pyrrole nitrogens is 1. The number of nitrogens with one attached hydrogen (secondary N) is 1. The maximum absolute atomic E-state index is 3.75. The van der Waals surface area contributed by atoms with Crippen molar-refractivity contribution in [2.24, 2.45) is 11.8 Å². The lowest BCUT2D eigenvalue weighted by Crippen LogP contribution is -2.17. The number of fused-ring (bicyclic) bond motifs is 5. The number of aromatic nitrogens is 1. The third-order valence-electron chi connectivity index (χ3n) is 5.26. The van der Waals surface area contributed by atoms with Crippen LogP contribution in [-0.2, 0) is 6.42 Å². The molecular formula is C19H23N. The fourth-order valence-corrected chi connectivity index (χ4v) is 4.28. The van der Waals surface area contributed by atoms with E-state index in [0.717, 1.165) is 11.8 Å². The first-order valence-electron chi connectivity index (χ1n) is 8.02. The monoisotopic (exact) mass is 265 g/mol. The quantitative estimate of drug-likeness (QED) is 0.637. The van der Waals surface area contributed by atoms with Crippen LogP contribution in [0.4, 0.5) is 0 Å². The number of benzene rings is 1. The van der Waals surface area contributed by atoms with Crippen molar-refractivity contribution >= 4 is 10.9 Å². The molecule has 0 amide bonds. The minimum atomic E-state index is 0.622. The standard InChI is InChI=1S/C19H23N/c1-12-6-8-15-14(10-12)4-3-5-16-17-11-13(2)7-9-18(17)20-19(15)16/h6-9,11-12,14-15,20H,3-5,10H2,1-2H3. The number of rotatable bonds is 0. The number of aromatic amines is 1. The van der Waals surface area contributed by atoms with E-state index < -0.39 is 0 Å². The summed E-state index contributed by atoms with van der Waals surface area (Å²) in [6.45, 7) is 4.55. The van der Waals surface area contributed by atoms with Gasteiger partial charge in [0.1, 0.15) is 0 Å². The van der Waals surface area contributed by atoms with Crippen LogP contribution in [0.3, 0.4) is 0 Å². The minimum Gasteiger partial charge on any atom is -0.358 e. The Balaban J connectivity index is 1.90. The molecule has 104 valence electrons. The summed E-state index contributed by atoms with van der Waals surface area (Å²) in [5, 5.41) is 1.47. The Morgan fingerprint density at radius 2 is 2.10 bits per heavy atom. The maximum atomic E-state index is 3.75. The third-order valence-corrected chi connectivity index (χ3v) is 5.26. The van der Waals surface area contributed by atoms with Gasteiger partial charge in [0, 0.05) is 22.5 Å². The van der Waals surface area contributed by atoms with E-state index >= 15 is 0 Å². The smallest absolute Gasteiger partial charge is 0.0459 e. The van der Waals surface area contributed by atoms with Crippen LogP contribution < -0.4 is 0 Å². The van der Waals surface area contributed by atoms with Crippen molar-refractivity contribution in [1.29, 1.82) is 0 Å². The van der Waals surface area contributed by atoms with Crippen LogP contribution in [0.5, 0.6) is 0 Å². The zero-order valence-corrected chi connectivity index (χ0v) is 12.4. The molecule has 2 aromatic rings. The Bertz CT molecular complexity index is 676. The van der Waals surface area contributed by atoms with Gasteiger partial charge < -0.3 is 4.98 Å². The van der Waals surface area contributed by atoms with Gasteiger partial charge in [0.2, 0.25) is 0 Å². The molecule has 3 unspecified atom stereocenters. The molecule has 0 aliphatic heterocycles. The molecule has 0 saturated heterocycles. The number of aryl methyl sites for hydroxylation is 2. The van der Waals surface area contributed by atoms with E-state index in [1.165, 1.54) is 47.8 Å². The molecule has 1 aromatic carbocycles. The van der Waals surface area contributed by atoms with Crippen molar-refractivity contribution in [3.05, 3.63) is 47.2 Å². The predicted molar refractivity (Wildman–Crippen MR) is 85.1 cm³/mol. The number of hydrogen-bond donors (Lipinski definition) is 1. The maximum Gasteiger partial charge on any atom is 0.0459 e. The van der Waals surface area contributed by atoms with Gasteiger partial charge in [0.25, 0.3) is 0 Å². The molecule has 0 fully saturated rings. The van der Waals surface area contributed by atoms with Crippen LogP contribution in [0, 0.1) is 18.8 Å². The highest BCUT2D eigenvalue weighted by Gasteiger charge is 2.31. The predicted octanol–water partition coefficient (Wildman–Crippen LogP) is 5.11. The van der Waals surface area contributed by atoms with Crippen LogP contribution in [0.2, 0.25) is 0 Å². The molecule has 1 nitrogen and oxygen atoms in total. The fraction of sp³-hybridized carbons (Fsp3) is 0.474. The summed E-state index contributed by atoms with van der Waals surface area (Å²) in [6, 6.07) is 6.83. The molecule has 0 radical (unpaired) electrons. The topological polar surface area (TPSA) is 15.8 Å². The van der Waals surface area contributed by atoms with Gasteiger partial charge in [-0.05, 0) is 62.1 Å². The zero-order chi connectivity index (χ0) is 13.7. The van der Waals surface area contributed by atoms with Crippen molar-refractivity contribution in [2.45, 2.75) is 45.4 Å². The first-order chi connectivity index (χ1) is 9.72. The molecule has 0 spiro atoms. The van der Waals surface area contributed by atoms with E-state index in [1.807, 2.05) is 0 Å². The van der Waals surface area contributed by atoms with Crippen LogP contribution in [0.1, 0.15) is 48.9 Å². The van der Waals surface area contributed by atoms with Gasteiger partial charge in [-0.1, -0.05) is 30.7 Å². The summed E-state index contributed by atoms with van der Waals surface area (Å²) in [5.74, 6) is 2.21. The molecule has 4 rings (SSSR count). The van der Waals surface area contributed by atoms with Gasteiger partial charge in [-0.15, -0.1) is 0 Å². The van der Waals surface area contributed by atoms with E-state index in [-0.39, 0.29) is 0 Å². The van der Waals surface area contributed by atoms with Gasteiger partial charge in [0.15, 0.2) is 0 Å². The average molecular weight is 265 g/mol. The molecule has 0 saturated carbocycles. The number of hydrogen-bond acceptors (Lipinski definition) is 0. The van der Waals surface area contributed by atoms with Crippen LogP contribution in [0.25, 0.3) is 10.9 Å². The normalized spacial score (nSPS) is 29.0. The highest BCUT2D eigenvalue weighted by molar-refractivity contribution is 5.85. The second kappa shape index (κ2) is 4.51. The SMILES string of the molecule is Cc1ccc2[nH]c3c(c2c1)CCCC1CC(C)C=CC31. The highest BCUT2D eigenvalue weighted by atomic mass is 14.7.